The van der Waals surface area contributed by atoms with Crippen molar-refractivity contribution in [2.45, 2.75) is 37.8 Å². The van der Waals surface area contributed by atoms with Gasteiger partial charge in [0.15, 0.2) is 6.10 Å². The normalized spacial score (nSPS) is 23.4. The van der Waals surface area contributed by atoms with Crippen LogP contribution in [0.4, 0.5) is 0 Å². The van der Waals surface area contributed by atoms with E-state index >= 15 is 0 Å². The Kier molecular flexibility index (Phi) is 4.91. The first-order valence-corrected chi connectivity index (χ1v) is 7.35. The summed E-state index contributed by atoms with van der Waals surface area (Å²) >= 11 is 0. The van der Waals surface area contributed by atoms with E-state index in [2.05, 4.69) is 11.4 Å². The van der Waals surface area contributed by atoms with Crippen LogP contribution in [-0.4, -0.2) is 24.6 Å². The molecule has 21 heavy (non-hydrogen) atoms. The number of amides is 1. The second kappa shape index (κ2) is 6.34. The quantitative estimate of drug-likeness (QED) is 0.893. The van der Waals surface area contributed by atoms with Crippen molar-refractivity contribution in [1.82, 2.24) is 5.32 Å². The van der Waals surface area contributed by atoms with E-state index in [1.54, 1.807) is 0 Å². The van der Waals surface area contributed by atoms with Crippen LogP contribution in [0.2, 0.25) is 0 Å². The molecule has 2 aliphatic rings. The standard InChI is InChI=1S/C16H22N2O2.ClH/c1-16(10-17,12-6-7-12)18-15(19)14-13-5-3-2-4-11(13)8-9-20-14;/h2-5,12,14H,6-10,17H2,1H3,(H,18,19);1H. The van der Waals surface area contributed by atoms with Gasteiger partial charge in [-0.05, 0) is 43.2 Å². The lowest BCUT2D eigenvalue weighted by molar-refractivity contribution is -0.136. The van der Waals surface area contributed by atoms with E-state index in [1.807, 2.05) is 25.1 Å². The minimum atomic E-state index is -0.496. The number of rotatable bonds is 4. The SMILES string of the molecule is CC(CN)(NC(=O)C1OCCc2ccccc21)C1CC1.Cl. The van der Waals surface area contributed by atoms with Crippen LogP contribution in [-0.2, 0) is 16.0 Å². The number of carbonyl (C=O) groups excluding carboxylic acids is 1. The third kappa shape index (κ3) is 3.23. The van der Waals surface area contributed by atoms with Gasteiger partial charge >= 0.3 is 0 Å². The molecule has 0 radical (unpaired) electrons. The number of benzene rings is 1. The lowest BCUT2D eigenvalue weighted by atomic mass is 9.93. The molecule has 3 N–H and O–H groups in total. The lowest BCUT2D eigenvalue weighted by Crippen LogP contribution is -2.54. The first-order chi connectivity index (χ1) is 9.64. The van der Waals surface area contributed by atoms with Crippen molar-refractivity contribution in [3.63, 3.8) is 0 Å². The van der Waals surface area contributed by atoms with Crippen molar-refractivity contribution in [2.24, 2.45) is 11.7 Å². The fraction of sp³-hybridized carbons (Fsp3) is 0.562. The number of fused-ring (bicyclic) bond motifs is 1. The van der Waals surface area contributed by atoms with Crippen LogP contribution >= 0.6 is 12.4 Å². The monoisotopic (exact) mass is 310 g/mol. The maximum atomic E-state index is 12.6. The van der Waals surface area contributed by atoms with Gasteiger partial charge in [0.2, 0.25) is 0 Å². The number of ether oxygens (including phenoxy) is 1. The highest BCUT2D eigenvalue weighted by Crippen LogP contribution is 2.39. The Balaban J connectivity index is 0.00000161. The van der Waals surface area contributed by atoms with Crippen LogP contribution in [0.1, 0.15) is 37.0 Å². The number of nitrogens with two attached hydrogens (primary N) is 1. The van der Waals surface area contributed by atoms with Gasteiger partial charge in [-0.15, -0.1) is 12.4 Å². The van der Waals surface area contributed by atoms with Crippen LogP contribution in [0.15, 0.2) is 24.3 Å². The van der Waals surface area contributed by atoms with Gasteiger partial charge in [-0.25, -0.2) is 0 Å². The van der Waals surface area contributed by atoms with Crippen LogP contribution in [0.5, 0.6) is 0 Å². The topological polar surface area (TPSA) is 64.3 Å². The summed E-state index contributed by atoms with van der Waals surface area (Å²) in [7, 11) is 0. The molecule has 1 saturated carbocycles. The van der Waals surface area contributed by atoms with Crippen LogP contribution in [0.3, 0.4) is 0 Å². The summed E-state index contributed by atoms with van der Waals surface area (Å²) in [6, 6.07) is 8.01. The molecule has 2 unspecified atom stereocenters. The molecule has 0 saturated heterocycles. The largest absolute Gasteiger partial charge is 0.363 e. The molecular weight excluding hydrogens is 288 g/mol. The first kappa shape index (κ1) is 16.3. The predicted octanol–water partition coefficient (Wildman–Crippen LogP) is 1.97. The van der Waals surface area contributed by atoms with Gasteiger partial charge in [-0.2, -0.15) is 0 Å². The zero-order valence-electron chi connectivity index (χ0n) is 12.3. The Morgan fingerprint density at radius 1 is 1.43 bits per heavy atom. The van der Waals surface area contributed by atoms with Crippen LogP contribution in [0.25, 0.3) is 0 Å². The predicted molar refractivity (Wildman–Crippen MR) is 84.4 cm³/mol. The van der Waals surface area contributed by atoms with E-state index in [4.69, 9.17) is 10.5 Å². The Hall–Kier alpha value is -1.10. The fourth-order valence-electron chi connectivity index (χ4n) is 3.00. The summed E-state index contributed by atoms with van der Waals surface area (Å²) < 4.78 is 5.70. The lowest BCUT2D eigenvalue weighted by Gasteiger charge is -2.33. The van der Waals surface area contributed by atoms with Crippen LogP contribution < -0.4 is 11.1 Å². The summed E-state index contributed by atoms with van der Waals surface area (Å²) in [5.41, 5.74) is 7.77. The molecule has 1 aromatic rings. The minimum Gasteiger partial charge on any atom is -0.363 e. The molecule has 4 nitrogen and oxygen atoms in total. The van der Waals surface area contributed by atoms with Gasteiger partial charge in [-0.1, -0.05) is 24.3 Å². The molecule has 0 bridgehead atoms. The summed E-state index contributed by atoms with van der Waals surface area (Å²) in [6.45, 7) is 3.10. The van der Waals surface area contributed by atoms with Crippen LogP contribution in [0, 0.1) is 5.92 Å². The van der Waals surface area contributed by atoms with Crippen molar-refractivity contribution in [3.8, 4) is 0 Å². The fourth-order valence-corrected chi connectivity index (χ4v) is 3.00. The second-order valence-electron chi connectivity index (χ2n) is 6.08. The highest BCUT2D eigenvalue weighted by molar-refractivity contribution is 5.85. The highest BCUT2D eigenvalue weighted by Gasteiger charge is 2.43. The molecule has 1 heterocycles. The Morgan fingerprint density at radius 2 is 2.14 bits per heavy atom. The third-order valence-corrected chi connectivity index (χ3v) is 4.54. The smallest absolute Gasteiger partial charge is 0.254 e. The minimum absolute atomic E-state index is 0. The molecule has 0 aromatic heterocycles. The van der Waals surface area contributed by atoms with Crippen molar-refractivity contribution in [3.05, 3.63) is 35.4 Å². The zero-order valence-corrected chi connectivity index (χ0v) is 13.1. The number of halogens is 1. The molecule has 1 aromatic carbocycles. The molecule has 0 spiro atoms. The van der Waals surface area contributed by atoms with E-state index in [1.165, 1.54) is 5.56 Å². The average molecular weight is 311 g/mol. The van der Waals surface area contributed by atoms with E-state index in [0.717, 1.165) is 24.8 Å². The van der Waals surface area contributed by atoms with Gasteiger partial charge in [0.1, 0.15) is 0 Å². The molecule has 1 fully saturated rings. The number of hydrogen-bond donors (Lipinski definition) is 2. The molecular formula is C16H23ClN2O2. The summed E-state index contributed by atoms with van der Waals surface area (Å²) in [5, 5.41) is 3.13. The maximum Gasteiger partial charge on any atom is 0.254 e. The number of hydrogen-bond acceptors (Lipinski definition) is 3. The van der Waals surface area contributed by atoms with Crippen molar-refractivity contribution in [1.29, 1.82) is 0 Å². The number of carbonyl (C=O) groups is 1. The van der Waals surface area contributed by atoms with E-state index in [9.17, 15) is 4.79 Å². The summed E-state index contributed by atoms with van der Waals surface area (Å²) in [6.07, 6.45) is 2.67. The number of nitrogens with one attached hydrogen (secondary N) is 1. The van der Waals surface area contributed by atoms with E-state index in [0.29, 0.717) is 19.1 Å². The van der Waals surface area contributed by atoms with E-state index in [-0.39, 0.29) is 23.9 Å². The Morgan fingerprint density at radius 3 is 2.81 bits per heavy atom. The van der Waals surface area contributed by atoms with Gasteiger partial charge < -0.3 is 15.8 Å². The van der Waals surface area contributed by atoms with Gasteiger partial charge in [0.05, 0.1) is 12.1 Å². The van der Waals surface area contributed by atoms with Crippen molar-refractivity contribution < 1.29 is 9.53 Å². The summed E-state index contributed by atoms with van der Waals surface area (Å²) in [4.78, 5) is 12.6. The van der Waals surface area contributed by atoms with E-state index < -0.39 is 6.10 Å². The Bertz CT molecular complexity index is 519. The first-order valence-electron chi connectivity index (χ1n) is 7.35. The Labute approximate surface area is 131 Å². The summed E-state index contributed by atoms with van der Waals surface area (Å²) in [5.74, 6) is 0.451. The maximum absolute atomic E-state index is 12.6. The molecule has 116 valence electrons. The molecule has 1 amide bonds. The van der Waals surface area contributed by atoms with Gasteiger partial charge in [0, 0.05) is 6.54 Å². The molecule has 2 atom stereocenters. The van der Waals surface area contributed by atoms with Crippen molar-refractivity contribution in [2.75, 3.05) is 13.2 Å². The zero-order chi connectivity index (χ0) is 14.2. The molecule has 1 aliphatic carbocycles. The van der Waals surface area contributed by atoms with Gasteiger partial charge in [0.25, 0.3) is 5.91 Å². The molecule has 3 rings (SSSR count). The second-order valence-corrected chi connectivity index (χ2v) is 6.08. The highest BCUT2D eigenvalue weighted by atomic mass is 35.5. The molecule has 5 heteroatoms. The van der Waals surface area contributed by atoms with Gasteiger partial charge in [-0.3, -0.25) is 4.79 Å². The molecule has 1 aliphatic heterocycles. The van der Waals surface area contributed by atoms with Crippen molar-refractivity contribution >= 4 is 18.3 Å². The average Bonchev–Trinajstić information content (AvgIpc) is 3.31. The third-order valence-electron chi connectivity index (χ3n) is 4.54.